The van der Waals surface area contributed by atoms with Crippen LogP contribution in [0.25, 0.3) is 0 Å². The smallest absolute Gasteiger partial charge is 0.256 e. The molecular formula is C19H21N3OS. The number of rotatable bonds is 3. The fourth-order valence-electron chi connectivity index (χ4n) is 3.50. The fraction of sp³-hybridized carbons (Fsp3) is 0.368. The molecule has 2 aliphatic rings. The van der Waals surface area contributed by atoms with Crippen molar-refractivity contribution in [1.29, 1.82) is 0 Å². The van der Waals surface area contributed by atoms with Crippen LogP contribution in [0.1, 0.15) is 35.4 Å². The summed E-state index contributed by atoms with van der Waals surface area (Å²) in [5.74, 6) is 0.103. The van der Waals surface area contributed by atoms with Crippen LogP contribution < -0.4 is 0 Å². The van der Waals surface area contributed by atoms with Crippen LogP contribution in [0.3, 0.4) is 0 Å². The minimum atomic E-state index is 0.103. The monoisotopic (exact) mass is 339 g/mol. The average Bonchev–Trinajstić information content (AvgIpc) is 3.27. The van der Waals surface area contributed by atoms with E-state index in [4.69, 9.17) is 0 Å². The zero-order valence-corrected chi connectivity index (χ0v) is 14.6. The Hall–Kier alpha value is -1.98. The number of nitrogens with zero attached hydrogens (tertiary/aromatic N) is 3. The van der Waals surface area contributed by atoms with Gasteiger partial charge in [0.25, 0.3) is 5.91 Å². The molecule has 124 valence electrons. The summed E-state index contributed by atoms with van der Waals surface area (Å²) in [4.78, 5) is 16.4. The number of hydrogen-bond donors (Lipinski definition) is 0. The van der Waals surface area contributed by atoms with E-state index in [2.05, 4.69) is 40.5 Å². The largest absolute Gasteiger partial charge is 0.287 e. The van der Waals surface area contributed by atoms with Crippen molar-refractivity contribution < 1.29 is 4.79 Å². The van der Waals surface area contributed by atoms with E-state index < -0.39 is 0 Å². The quantitative estimate of drug-likeness (QED) is 0.860. The van der Waals surface area contributed by atoms with Crippen LogP contribution in [0.5, 0.6) is 0 Å². The van der Waals surface area contributed by atoms with Gasteiger partial charge in [0, 0.05) is 23.9 Å². The van der Waals surface area contributed by atoms with Gasteiger partial charge in [-0.15, -0.1) is 11.3 Å². The average molecular weight is 339 g/mol. The van der Waals surface area contributed by atoms with Crippen LogP contribution in [0.2, 0.25) is 0 Å². The molecule has 24 heavy (non-hydrogen) atoms. The number of carbonyl (C=O) groups is 1. The molecule has 0 saturated carbocycles. The lowest BCUT2D eigenvalue weighted by Gasteiger charge is -2.33. The van der Waals surface area contributed by atoms with E-state index in [0.29, 0.717) is 19.1 Å². The minimum Gasteiger partial charge on any atom is -0.287 e. The Bertz CT molecular complexity index is 768. The number of hydrazone groups is 1. The van der Waals surface area contributed by atoms with Crippen molar-refractivity contribution in [2.75, 3.05) is 19.6 Å². The molecule has 1 aromatic heterocycles. The molecule has 2 aromatic rings. The summed E-state index contributed by atoms with van der Waals surface area (Å²) in [6, 6.07) is 12.6. The molecule has 0 aliphatic carbocycles. The van der Waals surface area contributed by atoms with Gasteiger partial charge in [-0.25, -0.2) is 5.01 Å². The highest BCUT2D eigenvalue weighted by Gasteiger charge is 2.29. The molecule has 0 radical (unpaired) electrons. The Labute approximate surface area is 146 Å². The Kier molecular flexibility index (Phi) is 4.21. The van der Waals surface area contributed by atoms with E-state index in [0.717, 1.165) is 30.7 Å². The summed E-state index contributed by atoms with van der Waals surface area (Å²) in [6.45, 7) is 4.28. The third kappa shape index (κ3) is 2.89. The maximum atomic E-state index is 12.7. The summed E-state index contributed by atoms with van der Waals surface area (Å²) in [5.41, 5.74) is 3.51. The van der Waals surface area contributed by atoms with Gasteiger partial charge in [0.1, 0.15) is 0 Å². The van der Waals surface area contributed by atoms with Crippen LogP contribution >= 0.6 is 11.3 Å². The van der Waals surface area contributed by atoms with Gasteiger partial charge in [-0.3, -0.25) is 9.69 Å². The second-order valence-electron chi connectivity index (χ2n) is 6.38. The third-order valence-corrected chi connectivity index (χ3v) is 5.94. The van der Waals surface area contributed by atoms with E-state index in [1.165, 1.54) is 10.4 Å². The third-order valence-electron chi connectivity index (χ3n) is 4.94. The molecule has 4 rings (SSSR count). The van der Waals surface area contributed by atoms with Gasteiger partial charge >= 0.3 is 0 Å². The first-order valence-electron chi connectivity index (χ1n) is 8.46. The van der Waals surface area contributed by atoms with Crippen molar-refractivity contribution in [2.45, 2.75) is 25.8 Å². The van der Waals surface area contributed by atoms with Crippen molar-refractivity contribution >= 4 is 23.0 Å². The Morgan fingerprint density at radius 3 is 2.88 bits per heavy atom. The molecule has 0 unspecified atom stereocenters. The molecule has 2 aliphatic heterocycles. The lowest BCUT2D eigenvalue weighted by molar-refractivity contribution is -0.132. The summed E-state index contributed by atoms with van der Waals surface area (Å²) >= 11 is 1.83. The summed E-state index contributed by atoms with van der Waals surface area (Å²) in [6.07, 6.45) is 1.88. The highest BCUT2D eigenvalue weighted by atomic mass is 32.1. The molecule has 4 nitrogen and oxygen atoms in total. The van der Waals surface area contributed by atoms with Crippen molar-refractivity contribution in [1.82, 2.24) is 9.91 Å². The molecule has 0 N–H and O–H groups in total. The Morgan fingerprint density at radius 1 is 1.21 bits per heavy atom. The lowest BCUT2D eigenvalue weighted by atomic mass is 10.0. The van der Waals surface area contributed by atoms with Gasteiger partial charge in [0.05, 0.1) is 18.8 Å². The van der Waals surface area contributed by atoms with E-state index in [9.17, 15) is 4.79 Å². The maximum Gasteiger partial charge on any atom is 0.256 e. The first kappa shape index (κ1) is 15.5. The van der Waals surface area contributed by atoms with Crippen LogP contribution in [-0.4, -0.2) is 41.2 Å². The molecule has 0 bridgehead atoms. The standard InChI is InChI=1S/C19H21N3OS/c1-14-16-9-12-24-18(16)8-10-21(14)13-19(23)22-11-7-17(20-22)15-5-3-2-4-6-15/h2-6,9,12,14H,7-8,10-11,13H2,1H3/t14-/m1/s1. The Balaban J connectivity index is 1.43. The van der Waals surface area contributed by atoms with E-state index in [-0.39, 0.29) is 5.91 Å². The zero-order valence-electron chi connectivity index (χ0n) is 13.8. The van der Waals surface area contributed by atoms with Crippen molar-refractivity contribution in [3.63, 3.8) is 0 Å². The number of hydrogen-bond acceptors (Lipinski definition) is 4. The van der Waals surface area contributed by atoms with Crippen molar-refractivity contribution in [3.05, 3.63) is 57.8 Å². The number of carbonyl (C=O) groups excluding carboxylic acids is 1. The first-order valence-corrected chi connectivity index (χ1v) is 9.34. The van der Waals surface area contributed by atoms with E-state index in [1.54, 1.807) is 5.01 Å². The van der Waals surface area contributed by atoms with E-state index >= 15 is 0 Å². The number of amides is 1. The van der Waals surface area contributed by atoms with Crippen molar-refractivity contribution in [3.8, 4) is 0 Å². The number of fused-ring (bicyclic) bond motifs is 1. The van der Waals surface area contributed by atoms with Crippen LogP contribution in [0.15, 0.2) is 46.9 Å². The number of benzene rings is 1. The normalized spacial score (nSPS) is 20.8. The minimum absolute atomic E-state index is 0.103. The van der Waals surface area contributed by atoms with Crippen LogP contribution in [0.4, 0.5) is 0 Å². The molecule has 5 heteroatoms. The predicted octanol–water partition coefficient (Wildman–Crippen LogP) is 3.30. The van der Waals surface area contributed by atoms with Gasteiger partial charge in [0.2, 0.25) is 0 Å². The van der Waals surface area contributed by atoms with Crippen LogP contribution in [0, 0.1) is 0 Å². The van der Waals surface area contributed by atoms with Gasteiger partial charge in [-0.2, -0.15) is 5.10 Å². The first-order chi connectivity index (χ1) is 11.7. The summed E-state index contributed by atoms with van der Waals surface area (Å²) in [7, 11) is 0. The zero-order chi connectivity index (χ0) is 16.5. The van der Waals surface area contributed by atoms with E-state index in [1.807, 2.05) is 29.5 Å². The molecule has 0 spiro atoms. The lowest BCUT2D eigenvalue weighted by Crippen LogP contribution is -2.41. The number of thiophene rings is 1. The highest BCUT2D eigenvalue weighted by Crippen LogP contribution is 2.32. The molecule has 1 amide bonds. The molecule has 1 aromatic carbocycles. The fourth-order valence-corrected chi connectivity index (χ4v) is 4.47. The molecule has 3 heterocycles. The highest BCUT2D eigenvalue weighted by molar-refractivity contribution is 7.10. The SMILES string of the molecule is C[C@@H]1c2ccsc2CCN1CC(=O)N1CCC(c2ccccc2)=N1. The second-order valence-corrected chi connectivity index (χ2v) is 7.38. The van der Waals surface area contributed by atoms with Crippen LogP contribution in [-0.2, 0) is 11.2 Å². The summed E-state index contributed by atoms with van der Waals surface area (Å²) in [5, 5.41) is 8.37. The Morgan fingerprint density at radius 2 is 2.04 bits per heavy atom. The van der Waals surface area contributed by atoms with Gasteiger partial charge in [0.15, 0.2) is 0 Å². The molecular weight excluding hydrogens is 318 g/mol. The molecule has 0 saturated heterocycles. The van der Waals surface area contributed by atoms with Gasteiger partial charge in [-0.05, 0) is 35.9 Å². The second kappa shape index (κ2) is 6.49. The maximum absolute atomic E-state index is 12.7. The van der Waals surface area contributed by atoms with Gasteiger partial charge < -0.3 is 0 Å². The molecule has 0 fully saturated rings. The van der Waals surface area contributed by atoms with Gasteiger partial charge in [-0.1, -0.05) is 30.3 Å². The van der Waals surface area contributed by atoms with Crippen molar-refractivity contribution in [2.24, 2.45) is 5.10 Å². The predicted molar refractivity (Wildman–Crippen MR) is 97.3 cm³/mol. The molecule has 1 atom stereocenters. The topological polar surface area (TPSA) is 35.9 Å². The summed E-state index contributed by atoms with van der Waals surface area (Å²) < 4.78 is 0.